The van der Waals surface area contributed by atoms with E-state index in [4.69, 9.17) is 0 Å². The number of nitrogens with one attached hydrogen (secondary N) is 2. The highest BCUT2D eigenvalue weighted by atomic mass is 16.2. The molecule has 1 heterocycles. The number of fused-ring (bicyclic) bond motifs is 1. The number of nitrogens with zero attached hydrogens (tertiary/aromatic N) is 2. The molecule has 0 saturated heterocycles. The van der Waals surface area contributed by atoms with Crippen LogP contribution in [0.15, 0.2) is 29.1 Å². The van der Waals surface area contributed by atoms with Gasteiger partial charge in [-0.3, -0.25) is 14.5 Å². The quantitative estimate of drug-likeness (QED) is 0.827. The molecule has 6 heteroatoms. The maximum absolute atomic E-state index is 12.0. The van der Waals surface area contributed by atoms with Crippen LogP contribution in [0.1, 0.15) is 19.7 Å². The first-order chi connectivity index (χ1) is 10.1. The molecule has 2 rings (SSSR count). The van der Waals surface area contributed by atoms with E-state index in [1.807, 2.05) is 36.9 Å². The first-order valence-electron chi connectivity index (χ1n) is 7.11. The molecule has 21 heavy (non-hydrogen) atoms. The van der Waals surface area contributed by atoms with Crippen LogP contribution in [0.4, 0.5) is 0 Å². The number of H-pyrrole nitrogens is 1. The van der Waals surface area contributed by atoms with Gasteiger partial charge in [0.1, 0.15) is 5.82 Å². The Morgan fingerprint density at radius 3 is 2.81 bits per heavy atom. The van der Waals surface area contributed by atoms with Crippen molar-refractivity contribution < 1.29 is 4.79 Å². The van der Waals surface area contributed by atoms with Gasteiger partial charge in [-0.2, -0.15) is 0 Å². The number of amides is 1. The van der Waals surface area contributed by atoms with Gasteiger partial charge in [0.15, 0.2) is 0 Å². The standard InChI is InChI=1S/C15H20N4O2/c1-3-16-14(20)10-19(4-2)9-13-17-12-8-6-5-7-11(12)15(21)18-13/h5-8H,3-4,9-10H2,1-2H3,(H,16,20)(H,17,18,21). The van der Waals surface area contributed by atoms with E-state index in [2.05, 4.69) is 15.3 Å². The van der Waals surface area contributed by atoms with Crippen LogP contribution in [-0.4, -0.2) is 40.4 Å². The maximum Gasteiger partial charge on any atom is 0.258 e. The molecule has 112 valence electrons. The minimum Gasteiger partial charge on any atom is -0.355 e. The van der Waals surface area contributed by atoms with Crippen LogP contribution >= 0.6 is 0 Å². The van der Waals surface area contributed by atoms with Gasteiger partial charge in [-0.1, -0.05) is 19.1 Å². The molecule has 0 aliphatic heterocycles. The Kier molecular flexibility index (Phi) is 5.05. The van der Waals surface area contributed by atoms with E-state index in [1.165, 1.54) is 0 Å². The molecular weight excluding hydrogens is 268 g/mol. The van der Waals surface area contributed by atoms with E-state index in [-0.39, 0.29) is 11.5 Å². The summed E-state index contributed by atoms with van der Waals surface area (Å²) < 4.78 is 0. The summed E-state index contributed by atoms with van der Waals surface area (Å²) in [4.78, 5) is 32.8. The van der Waals surface area contributed by atoms with Gasteiger partial charge in [0.2, 0.25) is 5.91 Å². The van der Waals surface area contributed by atoms with Gasteiger partial charge in [0.25, 0.3) is 5.56 Å². The third-order valence-electron chi connectivity index (χ3n) is 3.22. The number of benzene rings is 1. The molecule has 6 nitrogen and oxygen atoms in total. The second-order valence-electron chi connectivity index (χ2n) is 4.79. The van der Waals surface area contributed by atoms with Gasteiger partial charge in [-0.25, -0.2) is 4.98 Å². The maximum atomic E-state index is 12.0. The smallest absolute Gasteiger partial charge is 0.258 e. The highest BCUT2D eigenvalue weighted by molar-refractivity contribution is 5.78. The number of para-hydroxylation sites is 1. The summed E-state index contributed by atoms with van der Waals surface area (Å²) in [6.45, 7) is 5.90. The van der Waals surface area contributed by atoms with E-state index < -0.39 is 0 Å². The van der Waals surface area contributed by atoms with Gasteiger partial charge in [0, 0.05) is 6.54 Å². The zero-order valence-electron chi connectivity index (χ0n) is 12.3. The van der Waals surface area contributed by atoms with Crippen molar-refractivity contribution in [2.45, 2.75) is 20.4 Å². The molecule has 0 spiro atoms. The second kappa shape index (κ2) is 6.99. The normalized spacial score (nSPS) is 11.0. The lowest BCUT2D eigenvalue weighted by Gasteiger charge is -2.19. The number of aromatic nitrogens is 2. The fourth-order valence-corrected chi connectivity index (χ4v) is 2.16. The van der Waals surface area contributed by atoms with E-state index in [0.29, 0.717) is 42.9 Å². The summed E-state index contributed by atoms with van der Waals surface area (Å²) in [5.41, 5.74) is 0.523. The average molecular weight is 288 g/mol. The monoisotopic (exact) mass is 288 g/mol. The highest BCUT2D eigenvalue weighted by Gasteiger charge is 2.11. The fraction of sp³-hybridized carbons (Fsp3) is 0.400. The summed E-state index contributed by atoms with van der Waals surface area (Å²) in [7, 11) is 0. The van der Waals surface area contributed by atoms with Crippen LogP contribution in [0.3, 0.4) is 0 Å². The Bertz CT molecular complexity index is 681. The predicted molar refractivity (Wildman–Crippen MR) is 82.0 cm³/mol. The number of likely N-dealkylation sites (N-methyl/N-ethyl adjacent to an activating group) is 2. The fourth-order valence-electron chi connectivity index (χ4n) is 2.16. The van der Waals surface area contributed by atoms with Crippen LogP contribution in [0.5, 0.6) is 0 Å². The topological polar surface area (TPSA) is 78.1 Å². The SMILES string of the molecule is CCNC(=O)CN(CC)Cc1nc2ccccc2c(=O)[nH]1. The molecule has 0 aliphatic rings. The Labute approximate surface area is 123 Å². The number of carbonyl (C=O) groups excluding carboxylic acids is 1. The van der Waals surface area contributed by atoms with Crippen molar-refractivity contribution >= 4 is 16.8 Å². The van der Waals surface area contributed by atoms with E-state index in [9.17, 15) is 9.59 Å². The molecule has 2 aromatic rings. The zero-order chi connectivity index (χ0) is 15.2. The highest BCUT2D eigenvalue weighted by Crippen LogP contribution is 2.06. The summed E-state index contributed by atoms with van der Waals surface area (Å²) in [5.74, 6) is 0.548. The lowest BCUT2D eigenvalue weighted by atomic mass is 10.2. The van der Waals surface area contributed by atoms with Gasteiger partial charge in [0.05, 0.1) is 24.0 Å². The Morgan fingerprint density at radius 2 is 2.10 bits per heavy atom. The average Bonchev–Trinajstić information content (AvgIpc) is 2.47. The van der Waals surface area contributed by atoms with Crippen molar-refractivity contribution in [2.24, 2.45) is 0 Å². The van der Waals surface area contributed by atoms with Crippen LogP contribution in [-0.2, 0) is 11.3 Å². The minimum absolute atomic E-state index is 0.0255. The van der Waals surface area contributed by atoms with Crippen LogP contribution < -0.4 is 10.9 Å². The van der Waals surface area contributed by atoms with Crippen LogP contribution in [0.25, 0.3) is 10.9 Å². The van der Waals surface area contributed by atoms with Crippen LogP contribution in [0, 0.1) is 0 Å². The predicted octanol–water partition coefficient (Wildman–Crippen LogP) is 0.881. The van der Waals surface area contributed by atoms with Crippen molar-refractivity contribution in [3.8, 4) is 0 Å². The number of carbonyl (C=O) groups is 1. The first kappa shape index (κ1) is 15.2. The molecule has 0 bridgehead atoms. The molecular formula is C15H20N4O2. The van der Waals surface area contributed by atoms with Gasteiger partial charge in [-0.05, 0) is 25.6 Å². The third kappa shape index (κ3) is 3.88. The summed E-state index contributed by atoms with van der Waals surface area (Å²) in [6.07, 6.45) is 0. The molecule has 0 unspecified atom stereocenters. The van der Waals surface area contributed by atoms with Crippen molar-refractivity contribution in [1.29, 1.82) is 0 Å². The number of aromatic amines is 1. The molecule has 0 aliphatic carbocycles. The molecule has 0 fully saturated rings. The van der Waals surface area contributed by atoms with Crippen molar-refractivity contribution in [1.82, 2.24) is 20.2 Å². The second-order valence-corrected chi connectivity index (χ2v) is 4.79. The molecule has 0 radical (unpaired) electrons. The lowest BCUT2D eigenvalue weighted by molar-refractivity contribution is -0.122. The van der Waals surface area contributed by atoms with Crippen molar-refractivity contribution in [2.75, 3.05) is 19.6 Å². The van der Waals surface area contributed by atoms with E-state index in [1.54, 1.807) is 6.07 Å². The van der Waals surface area contributed by atoms with Gasteiger partial charge < -0.3 is 10.3 Å². The summed E-state index contributed by atoms with van der Waals surface area (Å²) in [5, 5.41) is 3.34. The van der Waals surface area contributed by atoms with Gasteiger partial charge in [-0.15, -0.1) is 0 Å². The largest absolute Gasteiger partial charge is 0.355 e. The molecule has 2 N–H and O–H groups in total. The number of rotatable bonds is 6. The zero-order valence-corrected chi connectivity index (χ0v) is 12.3. The Hall–Kier alpha value is -2.21. The minimum atomic E-state index is -0.148. The number of hydrogen-bond acceptors (Lipinski definition) is 4. The van der Waals surface area contributed by atoms with E-state index >= 15 is 0 Å². The summed E-state index contributed by atoms with van der Waals surface area (Å²) in [6, 6.07) is 7.22. The Balaban J connectivity index is 2.18. The van der Waals surface area contributed by atoms with Crippen molar-refractivity contribution in [3.63, 3.8) is 0 Å². The molecule has 1 amide bonds. The Morgan fingerprint density at radius 1 is 1.33 bits per heavy atom. The third-order valence-corrected chi connectivity index (χ3v) is 3.22. The molecule has 0 atom stereocenters. The lowest BCUT2D eigenvalue weighted by Crippen LogP contribution is -2.37. The summed E-state index contributed by atoms with van der Waals surface area (Å²) >= 11 is 0. The van der Waals surface area contributed by atoms with Gasteiger partial charge >= 0.3 is 0 Å². The molecule has 1 aromatic heterocycles. The van der Waals surface area contributed by atoms with Crippen LogP contribution in [0.2, 0.25) is 0 Å². The first-order valence-corrected chi connectivity index (χ1v) is 7.11. The molecule has 1 aromatic carbocycles. The number of hydrogen-bond donors (Lipinski definition) is 2. The molecule has 0 saturated carbocycles. The van der Waals surface area contributed by atoms with Crippen molar-refractivity contribution in [3.05, 3.63) is 40.4 Å². The van der Waals surface area contributed by atoms with E-state index in [0.717, 1.165) is 0 Å².